The third-order valence-corrected chi connectivity index (χ3v) is 4.87. The first-order valence-electron chi connectivity index (χ1n) is 10.0. The van der Waals surface area contributed by atoms with Crippen molar-refractivity contribution in [1.82, 2.24) is 15.0 Å². The summed E-state index contributed by atoms with van der Waals surface area (Å²) in [5.41, 5.74) is 8.26. The number of aryl methyl sites for hydroxylation is 2. The maximum Gasteiger partial charge on any atom is 0.227 e. The number of pyridine rings is 2. The van der Waals surface area contributed by atoms with E-state index in [1.807, 2.05) is 80.6 Å². The molecule has 0 spiro atoms. The van der Waals surface area contributed by atoms with Crippen molar-refractivity contribution < 1.29 is 4.42 Å². The van der Waals surface area contributed by atoms with Crippen LogP contribution in [0.5, 0.6) is 0 Å². The van der Waals surface area contributed by atoms with Gasteiger partial charge in [0.15, 0.2) is 5.58 Å². The molecule has 2 aromatic carbocycles. The molecule has 0 unspecified atom stereocenters. The molecule has 0 bridgehead atoms. The van der Waals surface area contributed by atoms with Crippen molar-refractivity contribution in [3.63, 3.8) is 0 Å². The summed E-state index contributed by atoms with van der Waals surface area (Å²) in [6.45, 7) is 3.94. The molecule has 31 heavy (non-hydrogen) atoms. The summed E-state index contributed by atoms with van der Waals surface area (Å²) >= 11 is 0. The van der Waals surface area contributed by atoms with E-state index in [1.54, 1.807) is 12.4 Å². The number of anilines is 4. The molecule has 0 aliphatic heterocycles. The third kappa shape index (κ3) is 4.23. The van der Waals surface area contributed by atoms with E-state index in [4.69, 9.17) is 9.40 Å². The van der Waals surface area contributed by atoms with Crippen molar-refractivity contribution in [2.75, 3.05) is 10.6 Å². The van der Waals surface area contributed by atoms with Gasteiger partial charge in [0, 0.05) is 52.1 Å². The second-order valence-electron chi connectivity index (χ2n) is 7.40. The van der Waals surface area contributed by atoms with E-state index in [1.165, 1.54) is 0 Å². The maximum absolute atomic E-state index is 6.02. The SMILES string of the molecule is Cc1cc(Nc2cccc(-c3nc4cc(Nc5ccnc(C)c5)ccc4o3)c2)ccn1. The molecule has 0 aliphatic rings. The number of rotatable bonds is 5. The fourth-order valence-corrected chi connectivity index (χ4v) is 3.44. The molecule has 6 nitrogen and oxygen atoms in total. The van der Waals surface area contributed by atoms with Crippen LogP contribution in [0.1, 0.15) is 11.4 Å². The quantitative estimate of drug-likeness (QED) is 0.352. The van der Waals surface area contributed by atoms with Crippen LogP contribution in [0, 0.1) is 13.8 Å². The Morgan fingerprint density at radius 1 is 0.677 bits per heavy atom. The number of fused-ring (bicyclic) bond motifs is 1. The van der Waals surface area contributed by atoms with Crippen molar-refractivity contribution in [2.24, 2.45) is 0 Å². The zero-order valence-electron chi connectivity index (χ0n) is 17.3. The van der Waals surface area contributed by atoms with E-state index in [0.29, 0.717) is 5.89 Å². The minimum atomic E-state index is 0.585. The highest BCUT2D eigenvalue weighted by Gasteiger charge is 2.10. The second-order valence-corrected chi connectivity index (χ2v) is 7.40. The van der Waals surface area contributed by atoms with Gasteiger partial charge in [-0.05, 0) is 74.5 Å². The first-order chi connectivity index (χ1) is 15.1. The van der Waals surface area contributed by atoms with Gasteiger partial charge in [0.25, 0.3) is 0 Å². The highest BCUT2D eigenvalue weighted by Crippen LogP contribution is 2.29. The first kappa shape index (κ1) is 18.8. The fourth-order valence-electron chi connectivity index (χ4n) is 3.44. The Hall–Kier alpha value is -4.19. The largest absolute Gasteiger partial charge is 0.436 e. The molecule has 5 aromatic rings. The van der Waals surface area contributed by atoms with Gasteiger partial charge in [0.2, 0.25) is 5.89 Å². The molecule has 0 fully saturated rings. The number of hydrogen-bond acceptors (Lipinski definition) is 6. The molecule has 152 valence electrons. The third-order valence-electron chi connectivity index (χ3n) is 4.87. The van der Waals surface area contributed by atoms with Gasteiger partial charge < -0.3 is 15.1 Å². The van der Waals surface area contributed by atoms with Crippen LogP contribution >= 0.6 is 0 Å². The van der Waals surface area contributed by atoms with Crippen LogP contribution in [0.3, 0.4) is 0 Å². The minimum absolute atomic E-state index is 0.585. The highest BCUT2D eigenvalue weighted by molar-refractivity contribution is 5.81. The van der Waals surface area contributed by atoms with Crippen molar-refractivity contribution in [1.29, 1.82) is 0 Å². The van der Waals surface area contributed by atoms with Gasteiger partial charge in [-0.2, -0.15) is 0 Å². The van der Waals surface area contributed by atoms with Gasteiger partial charge >= 0.3 is 0 Å². The Morgan fingerprint density at radius 2 is 1.32 bits per heavy atom. The number of benzene rings is 2. The lowest BCUT2D eigenvalue weighted by Gasteiger charge is -2.07. The molecule has 0 amide bonds. The van der Waals surface area contributed by atoms with Crippen LogP contribution in [0.15, 0.2) is 83.5 Å². The zero-order valence-corrected chi connectivity index (χ0v) is 17.3. The van der Waals surface area contributed by atoms with Crippen molar-refractivity contribution in [3.8, 4) is 11.5 Å². The van der Waals surface area contributed by atoms with Crippen LogP contribution in [0.2, 0.25) is 0 Å². The number of aromatic nitrogens is 3. The van der Waals surface area contributed by atoms with Crippen LogP contribution in [0.4, 0.5) is 22.7 Å². The van der Waals surface area contributed by atoms with E-state index in [0.717, 1.165) is 50.8 Å². The molecule has 5 rings (SSSR count). The Labute approximate surface area is 180 Å². The van der Waals surface area contributed by atoms with E-state index >= 15 is 0 Å². The maximum atomic E-state index is 6.02. The van der Waals surface area contributed by atoms with Crippen molar-refractivity contribution >= 4 is 33.8 Å². The lowest BCUT2D eigenvalue weighted by Crippen LogP contribution is -1.92. The average molecular weight is 407 g/mol. The van der Waals surface area contributed by atoms with Gasteiger partial charge in [-0.15, -0.1) is 0 Å². The van der Waals surface area contributed by atoms with E-state index in [-0.39, 0.29) is 0 Å². The molecule has 3 heterocycles. The lowest BCUT2D eigenvalue weighted by molar-refractivity contribution is 0.620. The molecule has 6 heteroatoms. The van der Waals surface area contributed by atoms with Crippen molar-refractivity contribution in [2.45, 2.75) is 13.8 Å². The predicted molar refractivity (Wildman–Crippen MR) is 124 cm³/mol. The number of oxazole rings is 1. The van der Waals surface area contributed by atoms with Gasteiger partial charge in [0.05, 0.1) is 0 Å². The summed E-state index contributed by atoms with van der Waals surface area (Å²) in [5, 5.41) is 6.80. The Balaban J connectivity index is 1.41. The monoisotopic (exact) mass is 407 g/mol. The molecule has 0 saturated carbocycles. The topological polar surface area (TPSA) is 75.9 Å². The van der Waals surface area contributed by atoms with Crippen LogP contribution in [-0.4, -0.2) is 15.0 Å². The molecular formula is C25H21N5O. The molecule has 0 saturated heterocycles. The van der Waals surface area contributed by atoms with Gasteiger partial charge in [-0.3, -0.25) is 9.97 Å². The summed E-state index contributed by atoms with van der Waals surface area (Å²) in [6, 6.07) is 21.8. The molecule has 0 radical (unpaired) electrons. The standard InChI is InChI=1S/C25H21N5O/c1-16-12-21(8-10-26-16)28-19-5-3-4-18(14-19)25-30-23-15-20(6-7-24(23)31-25)29-22-9-11-27-17(2)13-22/h3-15H,1-2H3,(H,26,28)(H,27,29). The lowest BCUT2D eigenvalue weighted by atomic mass is 10.2. The average Bonchev–Trinajstić information content (AvgIpc) is 3.18. The Morgan fingerprint density at radius 3 is 2.00 bits per heavy atom. The van der Waals surface area contributed by atoms with Crippen molar-refractivity contribution in [3.05, 3.63) is 90.5 Å². The molecule has 0 atom stereocenters. The summed E-state index contributed by atoms with van der Waals surface area (Å²) in [4.78, 5) is 13.2. The Kier molecular flexibility index (Phi) is 4.80. The smallest absolute Gasteiger partial charge is 0.227 e. The zero-order chi connectivity index (χ0) is 21.2. The molecular weight excluding hydrogens is 386 g/mol. The first-order valence-corrected chi connectivity index (χ1v) is 10.0. The molecule has 3 aromatic heterocycles. The number of nitrogens with one attached hydrogen (secondary N) is 2. The summed E-state index contributed by atoms with van der Waals surface area (Å²) in [5.74, 6) is 0.585. The summed E-state index contributed by atoms with van der Waals surface area (Å²) in [6.07, 6.45) is 3.58. The number of hydrogen-bond donors (Lipinski definition) is 2. The fraction of sp³-hybridized carbons (Fsp3) is 0.0800. The Bertz CT molecular complexity index is 1380. The predicted octanol–water partition coefficient (Wildman–Crippen LogP) is 6.39. The van der Waals surface area contributed by atoms with Gasteiger partial charge in [0.1, 0.15) is 5.52 Å². The van der Waals surface area contributed by atoms with Gasteiger partial charge in [-0.25, -0.2) is 4.98 Å². The second kappa shape index (κ2) is 7.91. The van der Waals surface area contributed by atoms with Gasteiger partial charge in [-0.1, -0.05) is 6.07 Å². The van der Waals surface area contributed by atoms with E-state index in [9.17, 15) is 0 Å². The molecule has 2 N–H and O–H groups in total. The summed E-state index contributed by atoms with van der Waals surface area (Å²) < 4.78 is 6.02. The number of nitrogens with zero attached hydrogens (tertiary/aromatic N) is 3. The van der Waals surface area contributed by atoms with E-state index in [2.05, 4.69) is 20.6 Å². The van der Waals surface area contributed by atoms with Crippen LogP contribution < -0.4 is 10.6 Å². The normalized spacial score (nSPS) is 10.9. The van der Waals surface area contributed by atoms with E-state index < -0.39 is 0 Å². The minimum Gasteiger partial charge on any atom is -0.436 e. The van der Waals surface area contributed by atoms with Crippen LogP contribution in [-0.2, 0) is 0 Å². The van der Waals surface area contributed by atoms with Crippen LogP contribution in [0.25, 0.3) is 22.6 Å². The molecule has 0 aliphatic carbocycles. The highest BCUT2D eigenvalue weighted by atomic mass is 16.3. The summed E-state index contributed by atoms with van der Waals surface area (Å²) in [7, 11) is 0.